The lowest BCUT2D eigenvalue weighted by atomic mass is 9.83. The monoisotopic (exact) mass is 602 g/mol. The molecule has 0 saturated heterocycles. The van der Waals surface area contributed by atoms with Crippen LogP contribution in [0.5, 0.6) is 0 Å². The van der Waals surface area contributed by atoms with Gasteiger partial charge in [-0.05, 0) is 72.7 Å². The van der Waals surface area contributed by atoms with Crippen molar-refractivity contribution in [3.8, 4) is 0 Å². The van der Waals surface area contributed by atoms with Gasteiger partial charge in [-0.15, -0.1) is 0 Å². The van der Waals surface area contributed by atoms with Crippen molar-refractivity contribution in [1.29, 1.82) is 0 Å². The molecule has 0 aliphatic carbocycles. The lowest BCUT2D eigenvalue weighted by Crippen LogP contribution is -2.19. The van der Waals surface area contributed by atoms with Crippen molar-refractivity contribution < 1.29 is 4.57 Å². The molecule has 1 aliphatic heterocycles. The molecular weight excluding hydrogens is 551 g/mol. The van der Waals surface area contributed by atoms with Crippen LogP contribution in [0.25, 0.3) is 10.9 Å². The summed E-state index contributed by atoms with van der Waals surface area (Å²) in [5, 5.41) is 2.79. The molecule has 0 N–H and O–H groups in total. The quantitative estimate of drug-likeness (QED) is 0.213. The second-order valence-corrected chi connectivity index (χ2v) is 19.4. The summed E-state index contributed by atoms with van der Waals surface area (Å²) >= 11 is 0. The molecule has 1 heterocycles. The first-order chi connectivity index (χ1) is 20.2. The number of hydrogen-bond acceptors (Lipinski definition) is 1. The first-order valence-electron chi connectivity index (χ1n) is 16.1. The van der Waals surface area contributed by atoms with E-state index < -0.39 is 7.14 Å². The Morgan fingerprint density at radius 3 is 1.20 bits per heavy atom. The van der Waals surface area contributed by atoms with Crippen LogP contribution in [0.3, 0.4) is 0 Å². The van der Waals surface area contributed by atoms with Crippen LogP contribution in [0, 0.1) is 0 Å². The van der Waals surface area contributed by atoms with E-state index in [4.69, 9.17) is 0 Å². The maximum atomic E-state index is 16.1. The number of benzene rings is 4. The summed E-state index contributed by atoms with van der Waals surface area (Å²) in [6, 6.07) is 33.1. The third-order valence-corrected chi connectivity index (χ3v) is 12.4. The second-order valence-electron chi connectivity index (χ2n) is 16.8. The molecule has 0 spiro atoms. The van der Waals surface area contributed by atoms with Crippen LogP contribution in [-0.4, -0.2) is 0 Å². The summed E-state index contributed by atoms with van der Waals surface area (Å²) in [7, 11) is -3.23. The smallest absolute Gasteiger partial charge is 0.172 e. The van der Waals surface area contributed by atoms with E-state index in [0.29, 0.717) is 0 Å². The topological polar surface area (TPSA) is 17.1 Å². The molecule has 1 aliphatic rings. The van der Waals surface area contributed by atoms with E-state index in [1.54, 1.807) is 0 Å². The summed E-state index contributed by atoms with van der Waals surface area (Å²) in [4.78, 5) is 0. The first kappa shape index (κ1) is 32.2. The summed E-state index contributed by atoms with van der Waals surface area (Å²) in [5.41, 5.74) is 9.46. The Kier molecular flexibility index (Phi) is 7.87. The average molecular weight is 603 g/mol. The predicted molar refractivity (Wildman–Crippen MR) is 193 cm³/mol. The first-order valence-corrected chi connectivity index (χ1v) is 17.8. The molecule has 0 bridgehead atoms. The second kappa shape index (κ2) is 10.7. The molecule has 230 valence electrons. The molecule has 0 fully saturated rings. The largest absolute Gasteiger partial charge is 0.309 e. The zero-order valence-electron chi connectivity index (χ0n) is 29.0. The molecule has 2 heteroatoms. The normalized spacial score (nSPS) is 17.6. The molecule has 1 unspecified atom stereocenters. The molecule has 4 aromatic carbocycles. The van der Waals surface area contributed by atoms with Crippen LogP contribution >= 0.6 is 7.14 Å². The maximum absolute atomic E-state index is 16.1. The van der Waals surface area contributed by atoms with Crippen molar-refractivity contribution >= 4 is 28.6 Å². The van der Waals surface area contributed by atoms with Gasteiger partial charge < -0.3 is 4.57 Å². The minimum Gasteiger partial charge on any atom is -0.309 e. The van der Waals surface area contributed by atoms with Crippen molar-refractivity contribution in [3.05, 3.63) is 130 Å². The highest BCUT2D eigenvalue weighted by atomic mass is 31.2. The average Bonchev–Trinajstić information content (AvgIpc) is 3.20. The van der Waals surface area contributed by atoms with Gasteiger partial charge in [-0.3, -0.25) is 0 Å². The minimum absolute atomic E-state index is 0.0175. The zero-order valence-corrected chi connectivity index (χ0v) is 29.9. The Balaban J connectivity index is 1.88. The van der Waals surface area contributed by atoms with Crippen LogP contribution in [0.4, 0.5) is 0 Å². The van der Waals surface area contributed by atoms with Crippen LogP contribution in [0.15, 0.2) is 91.0 Å². The Bertz CT molecular complexity index is 1750. The molecule has 0 aromatic heterocycles. The van der Waals surface area contributed by atoms with Gasteiger partial charge in [-0.1, -0.05) is 162 Å². The van der Waals surface area contributed by atoms with Crippen LogP contribution in [-0.2, 0) is 26.2 Å². The Morgan fingerprint density at radius 1 is 0.432 bits per heavy atom. The van der Waals surface area contributed by atoms with Gasteiger partial charge in [0, 0.05) is 21.5 Å². The summed E-state index contributed by atoms with van der Waals surface area (Å²) in [6.45, 7) is 26.9. The van der Waals surface area contributed by atoms with Gasteiger partial charge in [0.15, 0.2) is 7.14 Å². The van der Waals surface area contributed by atoms with E-state index in [0.717, 1.165) is 38.2 Å². The van der Waals surface area contributed by atoms with Gasteiger partial charge in [-0.25, -0.2) is 0 Å². The van der Waals surface area contributed by atoms with Gasteiger partial charge in [0.25, 0.3) is 0 Å². The van der Waals surface area contributed by atoms with Crippen LogP contribution in [0.1, 0.15) is 122 Å². The summed E-state index contributed by atoms with van der Waals surface area (Å²) in [5.74, 6) is 0. The van der Waals surface area contributed by atoms with E-state index >= 15 is 4.57 Å². The summed E-state index contributed by atoms with van der Waals surface area (Å²) < 4.78 is 16.1. The molecule has 1 atom stereocenters. The van der Waals surface area contributed by atoms with Crippen molar-refractivity contribution in [2.45, 2.75) is 105 Å². The molecule has 0 radical (unpaired) electrons. The summed E-state index contributed by atoms with van der Waals surface area (Å²) in [6.07, 6.45) is 0. The molecule has 1 nitrogen and oxygen atoms in total. The Hall–Kier alpha value is -3.15. The number of hydrogen-bond donors (Lipinski definition) is 0. The third kappa shape index (κ3) is 5.81. The maximum Gasteiger partial charge on any atom is 0.172 e. The lowest BCUT2D eigenvalue weighted by molar-refractivity contribution is 0.588. The van der Waals surface area contributed by atoms with E-state index in [1.807, 2.05) is 0 Å². The van der Waals surface area contributed by atoms with Crippen molar-refractivity contribution in [2.24, 2.45) is 0 Å². The van der Waals surface area contributed by atoms with Crippen molar-refractivity contribution in [2.75, 3.05) is 0 Å². The molecule has 44 heavy (non-hydrogen) atoms. The fourth-order valence-corrected chi connectivity index (χ4v) is 9.43. The van der Waals surface area contributed by atoms with E-state index in [9.17, 15) is 0 Å². The minimum atomic E-state index is -3.23. The standard InChI is InChI=1S/C42H51OP/c1-39(2,3)30-17-13-28(14-18-30)37-35-27-33(42(10,11)12)23-26-36(35)44(43,34-24-21-32(22-25-34)41(7,8)9)38(37)29-15-19-31(20-16-29)40(4,5)6/h13-27H,1-12H3. The predicted octanol–water partition coefficient (Wildman–Crippen LogP) is 11.1. The highest BCUT2D eigenvalue weighted by molar-refractivity contribution is 7.88. The number of rotatable bonds is 3. The van der Waals surface area contributed by atoms with Gasteiger partial charge in [-0.2, -0.15) is 0 Å². The molecule has 0 amide bonds. The van der Waals surface area contributed by atoms with Crippen LogP contribution in [0.2, 0.25) is 0 Å². The third-order valence-electron chi connectivity index (χ3n) is 9.18. The lowest BCUT2D eigenvalue weighted by Gasteiger charge is -2.24. The SMILES string of the molecule is CC(C)(C)c1ccc(C2=C(c3ccc(C(C)(C)C)cc3)P(=O)(c3ccc(C(C)(C)C)cc3)c3ccc(C(C)(C)C)cc32)cc1. The van der Waals surface area contributed by atoms with Crippen molar-refractivity contribution in [3.63, 3.8) is 0 Å². The highest BCUT2D eigenvalue weighted by Gasteiger charge is 2.44. The van der Waals surface area contributed by atoms with Gasteiger partial charge in [0.2, 0.25) is 0 Å². The Labute approximate surface area is 267 Å². The van der Waals surface area contributed by atoms with Crippen molar-refractivity contribution in [1.82, 2.24) is 0 Å². The van der Waals surface area contributed by atoms with Gasteiger partial charge in [0.1, 0.15) is 0 Å². The van der Waals surface area contributed by atoms with E-state index in [-0.39, 0.29) is 21.7 Å². The molecule has 5 rings (SSSR count). The highest BCUT2D eigenvalue weighted by Crippen LogP contribution is 2.65. The van der Waals surface area contributed by atoms with Gasteiger partial charge in [0.05, 0.1) is 0 Å². The fourth-order valence-electron chi connectivity index (χ4n) is 6.21. The van der Waals surface area contributed by atoms with E-state index in [2.05, 4.69) is 174 Å². The molecular formula is C42H51OP. The van der Waals surface area contributed by atoms with E-state index in [1.165, 1.54) is 22.3 Å². The van der Waals surface area contributed by atoms with Gasteiger partial charge >= 0.3 is 0 Å². The number of fused-ring (bicyclic) bond motifs is 1. The molecule has 4 aromatic rings. The molecule has 0 saturated carbocycles. The van der Waals surface area contributed by atoms with Crippen LogP contribution < -0.4 is 10.6 Å². The zero-order chi connectivity index (χ0) is 32.5. The fraction of sp³-hybridized carbons (Fsp3) is 0.381. The Morgan fingerprint density at radius 2 is 0.795 bits per heavy atom.